The molecule has 0 spiro atoms. The molecule has 140 valence electrons. The highest BCUT2D eigenvalue weighted by molar-refractivity contribution is 5.94. The van der Waals surface area contributed by atoms with Gasteiger partial charge in [-0.25, -0.2) is 0 Å². The average molecular weight is 339 g/mol. The van der Waals surface area contributed by atoms with E-state index < -0.39 is 0 Å². The predicted octanol–water partition coefficient (Wildman–Crippen LogP) is 5.82. The molecule has 2 atom stereocenters. The Kier molecular flexibility index (Phi) is 12.1. The van der Waals surface area contributed by atoms with Crippen LogP contribution in [0.5, 0.6) is 0 Å². The van der Waals surface area contributed by atoms with Gasteiger partial charge in [-0.3, -0.25) is 4.79 Å². The molecule has 1 heterocycles. The van der Waals surface area contributed by atoms with Crippen molar-refractivity contribution in [3.05, 3.63) is 12.2 Å². The molecule has 0 aromatic carbocycles. The van der Waals surface area contributed by atoms with Crippen LogP contribution in [0.25, 0.3) is 0 Å². The summed E-state index contributed by atoms with van der Waals surface area (Å²) in [6, 6.07) is 0. The van der Waals surface area contributed by atoms with Crippen molar-refractivity contribution in [1.82, 2.24) is 0 Å². The molecule has 3 nitrogen and oxygen atoms in total. The van der Waals surface area contributed by atoms with Gasteiger partial charge in [-0.1, -0.05) is 78.6 Å². The van der Waals surface area contributed by atoms with Crippen molar-refractivity contribution in [1.29, 1.82) is 0 Å². The summed E-state index contributed by atoms with van der Waals surface area (Å²) in [5.74, 6) is 0.524. The number of unbranched alkanes of at least 4 members (excludes halogenated alkanes) is 9. The van der Waals surface area contributed by atoms with Crippen molar-refractivity contribution < 1.29 is 14.3 Å². The van der Waals surface area contributed by atoms with Gasteiger partial charge >= 0.3 is 0 Å². The maximum Gasteiger partial charge on any atom is 0.184 e. The summed E-state index contributed by atoms with van der Waals surface area (Å²) in [5.41, 5.74) is 0. The van der Waals surface area contributed by atoms with Crippen LogP contribution in [0.3, 0.4) is 0 Å². The molecule has 0 bridgehead atoms. The molecule has 0 amide bonds. The molecule has 3 heteroatoms. The summed E-state index contributed by atoms with van der Waals surface area (Å²) in [5, 5.41) is 0. The topological polar surface area (TPSA) is 35.5 Å². The maximum atomic E-state index is 11.8. The third kappa shape index (κ3) is 10.2. The first kappa shape index (κ1) is 21.4. The summed E-state index contributed by atoms with van der Waals surface area (Å²) in [4.78, 5) is 11.8. The first-order chi connectivity index (χ1) is 11.6. The Morgan fingerprint density at radius 2 is 1.58 bits per heavy atom. The first-order valence-corrected chi connectivity index (χ1v) is 10.1. The number of ketones is 1. The van der Waals surface area contributed by atoms with Crippen LogP contribution in [0, 0.1) is 5.92 Å². The largest absolute Gasteiger partial charge is 0.349 e. The Hall–Kier alpha value is -0.670. The van der Waals surface area contributed by atoms with Gasteiger partial charge in [-0.2, -0.15) is 0 Å². The molecule has 1 rings (SSSR count). The molecule has 1 aliphatic heterocycles. The summed E-state index contributed by atoms with van der Waals surface area (Å²) in [6.45, 7) is 7.19. The second-order valence-electron chi connectivity index (χ2n) is 7.44. The lowest BCUT2D eigenvalue weighted by molar-refractivity contribution is -0.165. The quantitative estimate of drug-likeness (QED) is 0.374. The Labute approximate surface area is 149 Å². The maximum absolute atomic E-state index is 11.8. The molecule has 0 fully saturated rings. The second kappa shape index (κ2) is 13.6. The fourth-order valence-electron chi connectivity index (χ4n) is 3.04. The summed E-state index contributed by atoms with van der Waals surface area (Å²) >= 11 is 0. The van der Waals surface area contributed by atoms with Gasteiger partial charge in [-0.05, 0) is 30.9 Å². The molecule has 0 N–H and O–H groups in total. The van der Waals surface area contributed by atoms with E-state index in [2.05, 4.69) is 20.8 Å². The predicted molar refractivity (Wildman–Crippen MR) is 100 cm³/mol. The molecular weight excluding hydrogens is 300 g/mol. The smallest absolute Gasteiger partial charge is 0.184 e. The lowest BCUT2D eigenvalue weighted by Crippen LogP contribution is -2.34. The zero-order valence-corrected chi connectivity index (χ0v) is 16.1. The van der Waals surface area contributed by atoms with Gasteiger partial charge in [0.2, 0.25) is 0 Å². The fraction of sp³-hybridized carbons (Fsp3) is 0.857. The monoisotopic (exact) mass is 338 g/mol. The SMILES string of the molecule is CCCCCCCCCCCCOC1C=CC(=O)C(CC(C)C)O1. The van der Waals surface area contributed by atoms with Crippen molar-refractivity contribution in [3.8, 4) is 0 Å². The number of ether oxygens (including phenoxy) is 2. The summed E-state index contributed by atoms with van der Waals surface area (Å²) in [7, 11) is 0. The summed E-state index contributed by atoms with van der Waals surface area (Å²) < 4.78 is 11.5. The molecular formula is C21H38O3. The highest BCUT2D eigenvalue weighted by atomic mass is 16.7. The third-order valence-corrected chi connectivity index (χ3v) is 4.50. The van der Waals surface area contributed by atoms with Crippen molar-refractivity contribution in [2.45, 2.75) is 104 Å². The van der Waals surface area contributed by atoms with E-state index in [9.17, 15) is 4.79 Å². The van der Waals surface area contributed by atoms with Crippen molar-refractivity contribution in [2.24, 2.45) is 5.92 Å². The van der Waals surface area contributed by atoms with E-state index in [-0.39, 0.29) is 18.2 Å². The minimum Gasteiger partial charge on any atom is -0.349 e. The second-order valence-corrected chi connectivity index (χ2v) is 7.44. The molecule has 0 aromatic rings. The third-order valence-electron chi connectivity index (χ3n) is 4.50. The molecule has 0 aromatic heterocycles. The van der Waals surface area contributed by atoms with E-state index in [1.165, 1.54) is 57.8 Å². The number of rotatable bonds is 14. The lowest BCUT2D eigenvalue weighted by Gasteiger charge is -2.26. The van der Waals surface area contributed by atoms with Crippen LogP contribution in [0.2, 0.25) is 0 Å². The highest BCUT2D eigenvalue weighted by Crippen LogP contribution is 2.18. The van der Waals surface area contributed by atoms with Gasteiger partial charge in [0.05, 0.1) is 6.61 Å². The Morgan fingerprint density at radius 3 is 2.17 bits per heavy atom. The molecule has 0 saturated heterocycles. The van der Waals surface area contributed by atoms with Gasteiger partial charge in [0.15, 0.2) is 12.1 Å². The van der Waals surface area contributed by atoms with E-state index in [1.807, 2.05) is 0 Å². The first-order valence-electron chi connectivity index (χ1n) is 10.1. The summed E-state index contributed by atoms with van der Waals surface area (Å²) in [6.07, 6.45) is 16.7. The van der Waals surface area contributed by atoms with Crippen molar-refractivity contribution in [3.63, 3.8) is 0 Å². The molecule has 0 aliphatic carbocycles. The zero-order valence-electron chi connectivity index (χ0n) is 16.1. The Morgan fingerprint density at radius 1 is 1.00 bits per heavy atom. The standard InChI is InChI=1S/C21H38O3/c1-4-5-6-7-8-9-10-11-12-13-16-23-21-15-14-19(22)20(24-21)17-18(2)3/h14-15,18,20-21H,4-13,16-17H2,1-3H3. The highest BCUT2D eigenvalue weighted by Gasteiger charge is 2.26. The van der Waals surface area contributed by atoms with Gasteiger partial charge in [-0.15, -0.1) is 0 Å². The van der Waals surface area contributed by atoms with Gasteiger partial charge < -0.3 is 9.47 Å². The van der Waals surface area contributed by atoms with Crippen LogP contribution in [-0.2, 0) is 14.3 Å². The Balaban J connectivity index is 1.97. The number of carbonyl (C=O) groups is 1. The fourth-order valence-corrected chi connectivity index (χ4v) is 3.04. The van der Waals surface area contributed by atoms with Crippen LogP contribution in [0.4, 0.5) is 0 Å². The van der Waals surface area contributed by atoms with E-state index in [4.69, 9.17) is 9.47 Å². The minimum atomic E-state index is -0.343. The number of carbonyl (C=O) groups excluding carboxylic acids is 1. The van der Waals surface area contributed by atoms with E-state index in [0.29, 0.717) is 12.5 Å². The Bertz CT molecular complexity index is 349. The normalized spacial score (nSPS) is 20.9. The van der Waals surface area contributed by atoms with E-state index in [1.54, 1.807) is 12.2 Å². The van der Waals surface area contributed by atoms with E-state index in [0.717, 1.165) is 12.8 Å². The van der Waals surface area contributed by atoms with Crippen LogP contribution in [0.1, 0.15) is 91.4 Å². The molecule has 24 heavy (non-hydrogen) atoms. The van der Waals surface area contributed by atoms with Crippen molar-refractivity contribution in [2.75, 3.05) is 6.61 Å². The van der Waals surface area contributed by atoms with Gasteiger partial charge in [0.1, 0.15) is 6.10 Å². The van der Waals surface area contributed by atoms with Gasteiger partial charge in [0.25, 0.3) is 0 Å². The van der Waals surface area contributed by atoms with Crippen LogP contribution >= 0.6 is 0 Å². The lowest BCUT2D eigenvalue weighted by atomic mass is 10.0. The molecule has 2 unspecified atom stereocenters. The minimum absolute atomic E-state index is 0.0717. The number of hydrogen-bond acceptors (Lipinski definition) is 3. The van der Waals surface area contributed by atoms with Crippen LogP contribution in [0.15, 0.2) is 12.2 Å². The van der Waals surface area contributed by atoms with E-state index >= 15 is 0 Å². The van der Waals surface area contributed by atoms with Crippen molar-refractivity contribution >= 4 is 5.78 Å². The van der Waals surface area contributed by atoms with Gasteiger partial charge in [0, 0.05) is 0 Å². The van der Waals surface area contributed by atoms with Crippen LogP contribution < -0.4 is 0 Å². The molecule has 1 aliphatic rings. The van der Waals surface area contributed by atoms with Crippen LogP contribution in [-0.4, -0.2) is 24.8 Å². The molecule has 0 saturated carbocycles. The molecule has 0 radical (unpaired) electrons. The average Bonchev–Trinajstić information content (AvgIpc) is 2.55. The number of hydrogen-bond donors (Lipinski definition) is 0. The zero-order chi connectivity index (χ0) is 17.6.